The molecule has 0 spiro atoms. The molecule has 3 aromatic rings. The number of carbonyl (C=O) groups is 1. The Labute approximate surface area is 160 Å². The third-order valence-electron chi connectivity index (χ3n) is 4.01. The lowest BCUT2D eigenvalue weighted by Gasteiger charge is -2.23. The molecule has 5 nitrogen and oxygen atoms in total. The molecular formula is C19H18ClN3O2S. The van der Waals surface area contributed by atoms with Crippen molar-refractivity contribution in [1.82, 2.24) is 9.55 Å². The van der Waals surface area contributed by atoms with Crippen molar-refractivity contribution in [2.24, 2.45) is 0 Å². The van der Waals surface area contributed by atoms with Crippen LogP contribution in [0.2, 0.25) is 5.02 Å². The van der Waals surface area contributed by atoms with E-state index in [-0.39, 0.29) is 17.2 Å². The second-order valence-electron chi connectivity index (χ2n) is 5.82. The Morgan fingerprint density at radius 2 is 2.00 bits per heavy atom. The fourth-order valence-electron chi connectivity index (χ4n) is 2.62. The number of anilines is 1. The number of hydrogen-bond acceptors (Lipinski definition) is 4. The molecule has 0 saturated carbocycles. The summed E-state index contributed by atoms with van der Waals surface area (Å²) in [4.78, 5) is 30.7. The number of benzene rings is 1. The summed E-state index contributed by atoms with van der Waals surface area (Å²) in [6.07, 6.45) is 1.93. The quantitative estimate of drug-likeness (QED) is 0.644. The Balaban J connectivity index is 1.81. The van der Waals surface area contributed by atoms with Crippen LogP contribution in [-0.2, 0) is 17.9 Å². The number of nitrogens with zero attached hydrogens (tertiary/aromatic N) is 3. The van der Waals surface area contributed by atoms with Crippen molar-refractivity contribution in [2.75, 3.05) is 4.90 Å². The van der Waals surface area contributed by atoms with E-state index in [1.807, 2.05) is 37.3 Å². The van der Waals surface area contributed by atoms with Crippen LogP contribution in [0, 0.1) is 6.92 Å². The number of halogens is 1. The zero-order chi connectivity index (χ0) is 18.5. The van der Waals surface area contributed by atoms with Gasteiger partial charge in [-0.15, -0.1) is 0 Å². The number of rotatable bonds is 6. The molecule has 0 aliphatic heterocycles. The zero-order valence-electron chi connectivity index (χ0n) is 14.3. The lowest BCUT2D eigenvalue weighted by molar-refractivity contribution is -0.119. The number of hydrogen-bond donors (Lipinski definition) is 0. The summed E-state index contributed by atoms with van der Waals surface area (Å²) < 4.78 is 1.63. The molecule has 0 radical (unpaired) electrons. The maximum Gasteiger partial charge on any atom is 0.307 e. The van der Waals surface area contributed by atoms with E-state index < -0.39 is 0 Å². The molecule has 0 aliphatic carbocycles. The standard InChI is InChI=1S/C19H18ClN3O2S/c1-14-13-26-19(25)22(14)11-9-18(24)23(12-16-4-2-3-10-21-16)17-7-5-15(20)6-8-17/h2-8,10,13H,9,11-12H2,1H3. The van der Waals surface area contributed by atoms with Gasteiger partial charge in [0.25, 0.3) is 0 Å². The van der Waals surface area contributed by atoms with Gasteiger partial charge in [-0.25, -0.2) is 0 Å². The van der Waals surface area contributed by atoms with Crippen LogP contribution in [0.15, 0.2) is 58.8 Å². The summed E-state index contributed by atoms with van der Waals surface area (Å²) >= 11 is 7.12. The van der Waals surface area contributed by atoms with Crippen molar-refractivity contribution >= 4 is 34.5 Å². The first-order valence-corrected chi connectivity index (χ1v) is 9.41. The fourth-order valence-corrected chi connectivity index (χ4v) is 3.50. The first kappa shape index (κ1) is 18.4. The molecule has 1 aromatic carbocycles. The molecule has 1 amide bonds. The molecule has 0 aliphatic rings. The summed E-state index contributed by atoms with van der Waals surface area (Å²) in [5, 5.41) is 2.41. The summed E-state index contributed by atoms with van der Waals surface area (Å²) in [6, 6.07) is 12.7. The van der Waals surface area contributed by atoms with Crippen LogP contribution in [0.1, 0.15) is 17.8 Å². The minimum Gasteiger partial charge on any atom is -0.306 e. The van der Waals surface area contributed by atoms with E-state index in [0.717, 1.165) is 28.4 Å². The highest BCUT2D eigenvalue weighted by molar-refractivity contribution is 7.07. The van der Waals surface area contributed by atoms with Gasteiger partial charge in [0.05, 0.1) is 12.2 Å². The molecule has 0 saturated heterocycles. The summed E-state index contributed by atoms with van der Waals surface area (Å²) in [6.45, 7) is 2.59. The van der Waals surface area contributed by atoms with E-state index in [2.05, 4.69) is 4.98 Å². The smallest absolute Gasteiger partial charge is 0.306 e. The summed E-state index contributed by atoms with van der Waals surface area (Å²) in [5.74, 6) is -0.0736. The Morgan fingerprint density at radius 1 is 1.23 bits per heavy atom. The number of amides is 1. The van der Waals surface area contributed by atoms with Gasteiger partial charge in [-0.3, -0.25) is 14.6 Å². The van der Waals surface area contributed by atoms with Crippen LogP contribution in [0.5, 0.6) is 0 Å². The van der Waals surface area contributed by atoms with Crippen LogP contribution < -0.4 is 9.77 Å². The maximum atomic E-state index is 12.9. The first-order valence-electron chi connectivity index (χ1n) is 8.15. The lowest BCUT2D eigenvalue weighted by Crippen LogP contribution is -2.32. The molecule has 0 unspecified atom stereocenters. The van der Waals surface area contributed by atoms with E-state index in [0.29, 0.717) is 18.1 Å². The number of aryl methyl sites for hydroxylation is 1. The van der Waals surface area contributed by atoms with Crippen LogP contribution >= 0.6 is 22.9 Å². The van der Waals surface area contributed by atoms with Crippen molar-refractivity contribution in [3.8, 4) is 0 Å². The molecule has 0 N–H and O–H groups in total. The second kappa shape index (κ2) is 8.29. The predicted molar refractivity (Wildman–Crippen MR) is 105 cm³/mol. The molecule has 0 atom stereocenters. The molecule has 7 heteroatoms. The molecule has 26 heavy (non-hydrogen) atoms. The van der Waals surface area contributed by atoms with Gasteiger partial charge in [0.1, 0.15) is 0 Å². The van der Waals surface area contributed by atoms with Crippen LogP contribution in [0.3, 0.4) is 0 Å². The predicted octanol–water partition coefficient (Wildman–Crippen LogP) is 3.89. The third kappa shape index (κ3) is 4.39. The Morgan fingerprint density at radius 3 is 2.62 bits per heavy atom. The lowest BCUT2D eigenvalue weighted by atomic mass is 10.2. The number of aromatic nitrogens is 2. The third-order valence-corrected chi connectivity index (χ3v) is 5.14. The van der Waals surface area contributed by atoms with Gasteiger partial charge in [-0.2, -0.15) is 0 Å². The topological polar surface area (TPSA) is 55.2 Å². The van der Waals surface area contributed by atoms with Gasteiger partial charge in [-0.1, -0.05) is 29.0 Å². The van der Waals surface area contributed by atoms with Crippen LogP contribution in [0.4, 0.5) is 5.69 Å². The highest BCUT2D eigenvalue weighted by Crippen LogP contribution is 2.21. The van der Waals surface area contributed by atoms with Gasteiger partial charge >= 0.3 is 4.87 Å². The van der Waals surface area contributed by atoms with Crippen molar-refractivity contribution in [2.45, 2.75) is 26.4 Å². The Kier molecular flexibility index (Phi) is 5.85. The van der Waals surface area contributed by atoms with Crippen molar-refractivity contribution in [3.05, 3.63) is 80.1 Å². The molecule has 0 fully saturated rings. The average Bonchev–Trinajstić information content (AvgIpc) is 2.97. The molecule has 0 bridgehead atoms. The Bertz CT molecular complexity index is 935. The fraction of sp³-hybridized carbons (Fsp3) is 0.211. The van der Waals surface area contributed by atoms with E-state index >= 15 is 0 Å². The highest BCUT2D eigenvalue weighted by Gasteiger charge is 2.17. The number of carbonyl (C=O) groups excluding carboxylic acids is 1. The van der Waals surface area contributed by atoms with Crippen molar-refractivity contribution < 1.29 is 4.79 Å². The van der Waals surface area contributed by atoms with Gasteiger partial charge in [-0.05, 0) is 43.3 Å². The van der Waals surface area contributed by atoms with Gasteiger partial charge in [0.2, 0.25) is 5.91 Å². The van der Waals surface area contributed by atoms with Gasteiger partial charge in [0, 0.05) is 40.9 Å². The van der Waals surface area contributed by atoms with E-state index in [1.165, 1.54) is 0 Å². The van der Waals surface area contributed by atoms with Crippen molar-refractivity contribution in [1.29, 1.82) is 0 Å². The maximum absolute atomic E-state index is 12.9. The molecule has 2 heterocycles. The van der Waals surface area contributed by atoms with Crippen LogP contribution in [0.25, 0.3) is 0 Å². The van der Waals surface area contributed by atoms with Gasteiger partial charge in [0.15, 0.2) is 0 Å². The van der Waals surface area contributed by atoms with E-state index in [9.17, 15) is 9.59 Å². The van der Waals surface area contributed by atoms with Crippen molar-refractivity contribution in [3.63, 3.8) is 0 Å². The number of thiazole rings is 1. The summed E-state index contributed by atoms with van der Waals surface area (Å²) in [5.41, 5.74) is 2.41. The average molecular weight is 388 g/mol. The zero-order valence-corrected chi connectivity index (χ0v) is 15.8. The summed E-state index contributed by atoms with van der Waals surface area (Å²) in [7, 11) is 0. The van der Waals surface area contributed by atoms with E-state index in [1.54, 1.807) is 33.2 Å². The largest absolute Gasteiger partial charge is 0.307 e. The minimum absolute atomic E-state index is 0.0435. The van der Waals surface area contributed by atoms with Gasteiger partial charge < -0.3 is 9.47 Å². The first-order chi connectivity index (χ1) is 12.5. The monoisotopic (exact) mass is 387 g/mol. The Hall–Kier alpha value is -2.44. The minimum atomic E-state index is -0.0736. The number of pyridine rings is 1. The SMILES string of the molecule is Cc1csc(=O)n1CCC(=O)N(Cc1ccccn1)c1ccc(Cl)cc1. The normalized spacial score (nSPS) is 10.7. The molecule has 2 aromatic heterocycles. The molecule has 134 valence electrons. The molecular weight excluding hydrogens is 370 g/mol. The van der Waals surface area contributed by atoms with Crippen LogP contribution in [-0.4, -0.2) is 15.5 Å². The second-order valence-corrected chi connectivity index (χ2v) is 7.08. The van der Waals surface area contributed by atoms with E-state index in [4.69, 9.17) is 11.6 Å². The highest BCUT2D eigenvalue weighted by atomic mass is 35.5. The molecule has 3 rings (SSSR count).